The molecule has 2 amide bonds. The van der Waals surface area contributed by atoms with Crippen molar-refractivity contribution in [3.05, 3.63) is 54.1 Å². The number of nitrogens with zero attached hydrogens (tertiary/aromatic N) is 3. The first kappa shape index (κ1) is 23.0. The molecule has 2 aromatic carbocycles. The first-order valence-corrected chi connectivity index (χ1v) is 12.2. The third-order valence-corrected chi connectivity index (χ3v) is 6.75. The summed E-state index contributed by atoms with van der Waals surface area (Å²) in [5.74, 6) is 0.685. The predicted octanol–water partition coefficient (Wildman–Crippen LogP) is 5.10. The van der Waals surface area contributed by atoms with Gasteiger partial charge in [0, 0.05) is 19.0 Å². The molecule has 4 rings (SSSR count). The molecule has 2 heterocycles. The maximum Gasteiger partial charge on any atom is 0.409 e. The van der Waals surface area contributed by atoms with Crippen LogP contribution in [-0.2, 0) is 16.1 Å². The highest BCUT2D eigenvalue weighted by Gasteiger charge is 2.32. The van der Waals surface area contributed by atoms with Gasteiger partial charge in [-0.05, 0) is 50.5 Å². The van der Waals surface area contributed by atoms with Crippen molar-refractivity contribution in [2.45, 2.75) is 33.2 Å². The number of amides is 2. The zero-order valence-electron chi connectivity index (χ0n) is 19.0. The first-order valence-electron chi connectivity index (χ1n) is 11.4. The molecule has 33 heavy (non-hydrogen) atoms. The van der Waals surface area contributed by atoms with E-state index in [1.54, 1.807) is 16.7 Å². The van der Waals surface area contributed by atoms with Gasteiger partial charge in [0.25, 0.3) is 0 Å². The lowest BCUT2D eigenvalue weighted by Crippen LogP contribution is -2.44. The van der Waals surface area contributed by atoms with Crippen LogP contribution in [0.3, 0.4) is 0 Å². The quantitative estimate of drug-likeness (QED) is 0.484. The molecule has 0 spiro atoms. The Hall–Kier alpha value is -3.13. The molecule has 7 nitrogen and oxygen atoms in total. The number of likely N-dealkylation sites (tertiary alicyclic amines) is 1. The monoisotopic (exact) mass is 467 g/mol. The Kier molecular flexibility index (Phi) is 7.44. The molecule has 1 fully saturated rings. The summed E-state index contributed by atoms with van der Waals surface area (Å²) in [6, 6.07) is 15.8. The van der Waals surface area contributed by atoms with E-state index in [1.807, 2.05) is 55.5 Å². The number of ether oxygens (including phenoxy) is 2. The summed E-state index contributed by atoms with van der Waals surface area (Å²) < 4.78 is 11.7. The van der Waals surface area contributed by atoms with Crippen LogP contribution in [0.1, 0.15) is 32.3 Å². The van der Waals surface area contributed by atoms with Gasteiger partial charge in [0.15, 0.2) is 5.13 Å². The van der Waals surface area contributed by atoms with E-state index in [0.717, 1.165) is 21.5 Å². The van der Waals surface area contributed by atoms with Gasteiger partial charge in [-0.3, -0.25) is 9.69 Å². The van der Waals surface area contributed by atoms with E-state index in [0.29, 0.717) is 50.8 Å². The average molecular weight is 468 g/mol. The molecular formula is C25H29N3O4S. The lowest BCUT2D eigenvalue weighted by atomic mass is 9.95. The number of carbonyl (C=O) groups excluding carboxylic acids is 2. The third-order valence-electron chi connectivity index (χ3n) is 5.71. The number of rotatable bonds is 7. The van der Waals surface area contributed by atoms with E-state index in [-0.39, 0.29) is 17.9 Å². The molecule has 174 valence electrons. The van der Waals surface area contributed by atoms with Crippen LogP contribution in [0, 0.1) is 5.92 Å². The van der Waals surface area contributed by atoms with Gasteiger partial charge in [0.05, 0.1) is 30.0 Å². The van der Waals surface area contributed by atoms with Crippen molar-refractivity contribution in [1.82, 2.24) is 9.88 Å². The van der Waals surface area contributed by atoms with Crippen molar-refractivity contribution in [2.24, 2.45) is 5.92 Å². The second-order valence-electron chi connectivity index (χ2n) is 7.93. The van der Waals surface area contributed by atoms with Gasteiger partial charge in [0.1, 0.15) is 5.75 Å². The molecule has 0 N–H and O–H groups in total. The summed E-state index contributed by atoms with van der Waals surface area (Å²) in [5, 5.41) is 0.681. The van der Waals surface area contributed by atoms with E-state index < -0.39 is 0 Å². The third kappa shape index (κ3) is 5.45. The molecular weight excluding hydrogens is 438 g/mol. The number of fused-ring (bicyclic) bond motifs is 1. The van der Waals surface area contributed by atoms with Gasteiger partial charge in [-0.2, -0.15) is 0 Å². The maximum absolute atomic E-state index is 13.7. The van der Waals surface area contributed by atoms with Crippen molar-refractivity contribution in [2.75, 3.05) is 31.2 Å². The molecule has 1 aliphatic heterocycles. The van der Waals surface area contributed by atoms with Crippen molar-refractivity contribution in [3.63, 3.8) is 0 Å². The van der Waals surface area contributed by atoms with Gasteiger partial charge in [-0.15, -0.1) is 0 Å². The summed E-state index contributed by atoms with van der Waals surface area (Å²) in [6.45, 7) is 6.19. The van der Waals surface area contributed by atoms with E-state index in [1.165, 1.54) is 11.3 Å². The highest BCUT2D eigenvalue weighted by atomic mass is 32.1. The molecule has 0 saturated carbocycles. The normalized spacial score (nSPS) is 14.3. The number of benzene rings is 2. The van der Waals surface area contributed by atoms with Crippen molar-refractivity contribution in [1.29, 1.82) is 0 Å². The topological polar surface area (TPSA) is 72.0 Å². The second kappa shape index (κ2) is 10.7. The SMILES string of the molecule is CCOC(=O)N1CCC(C(=O)N(Cc2ccccc2)c2nc3ccc(OCC)cc3s2)CC1. The molecule has 0 atom stereocenters. The Morgan fingerprint density at radius 2 is 1.85 bits per heavy atom. The maximum atomic E-state index is 13.7. The van der Waals surface area contributed by atoms with E-state index >= 15 is 0 Å². The van der Waals surface area contributed by atoms with Crippen LogP contribution < -0.4 is 9.64 Å². The Bertz CT molecular complexity index is 1090. The molecule has 0 aliphatic carbocycles. The zero-order valence-corrected chi connectivity index (χ0v) is 19.8. The van der Waals surface area contributed by atoms with Crippen LogP contribution in [0.5, 0.6) is 5.75 Å². The van der Waals surface area contributed by atoms with Gasteiger partial charge in [-0.25, -0.2) is 9.78 Å². The fourth-order valence-electron chi connectivity index (χ4n) is 4.01. The van der Waals surface area contributed by atoms with Crippen LogP contribution in [0.25, 0.3) is 10.2 Å². The number of hydrogen-bond donors (Lipinski definition) is 0. The molecule has 3 aromatic rings. The summed E-state index contributed by atoms with van der Waals surface area (Å²) in [6.07, 6.45) is 0.922. The number of hydrogen-bond acceptors (Lipinski definition) is 6. The van der Waals surface area contributed by atoms with Crippen LogP contribution in [-0.4, -0.2) is 48.2 Å². The molecule has 0 unspecified atom stereocenters. The Morgan fingerprint density at radius 1 is 1.09 bits per heavy atom. The number of piperidine rings is 1. The number of anilines is 1. The number of aromatic nitrogens is 1. The fourth-order valence-corrected chi connectivity index (χ4v) is 5.01. The number of carbonyl (C=O) groups is 2. The van der Waals surface area contributed by atoms with Gasteiger partial charge >= 0.3 is 6.09 Å². The molecule has 1 aliphatic rings. The minimum atomic E-state index is -0.305. The Morgan fingerprint density at radius 3 is 2.55 bits per heavy atom. The summed E-state index contributed by atoms with van der Waals surface area (Å²) in [7, 11) is 0. The highest BCUT2D eigenvalue weighted by Crippen LogP contribution is 2.34. The first-order chi connectivity index (χ1) is 16.1. The van der Waals surface area contributed by atoms with Crippen LogP contribution >= 0.6 is 11.3 Å². The molecule has 1 aromatic heterocycles. The molecule has 0 radical (unpaired) electrons. The van der Waals surface area contributed by atoms with Gasteiger partial charge in [-0.1, -0.05) is 41.7 Å². The van der Waals surface area contributed by atoms with Crippen molar-refractivity contribution >= 4 is 38.7 Å². The smallest absolute Gasteiger partial charge is 0.409 e. The minimum absolute atomic E-state index is 0.0476. The highest BCUT2D eigenvalue weighted by molar-refractivity contribution is 7.22. The summed E-state index contributed by atoms with van der Waals surface area (Å²) >= 11 is 1.50. The zero-order chi connectivity index (χ0) is 23.2. The van der Waals surface area contributed by atoms with Crippen LogP contribution in [0.4, 0.5) is 9.93 Å². The number of thiazole rings is 1. The lowest BCUT2D eigenvalue weighted by Gasteiger charge is -2.33. The van der Waals surface area contributed by atoms with Gasteiger partial charge in [0.2, 0.25) is 5.91 Å². The van der Waals surface area contributed by atoms with E-state index in [2.05, 4.69) is 0 Å². The van der Waals surface area contributed by atoms with Crippen molar-refractivity contribution in [3.8, 4) is 5.75 Å². The minimum Gasteiger partial charge on any atom is -0.494 e. The second-order valence-corrected chi connectivity index (χ2v) is 8.94. The molecule has 0 bridgehead atoms. The Labute approximate surface area is 197 Å². The average Bonchev–Trinajstić information content (AvgIpc) is 3.26. The molecule has 8 heteroatoms. The summed E-state index contributed by atoms with van der Waals surface area (Å²) in [5.41, 5.74) is 1.89. The van der Waals surface area contributed by atoms with E-state index in [9.17, 15) is 9.59 Å². The van der Waals surface area contributed by atoms with Crippen LogP contribution in [0.2, 0.25) is 0 Å². The van der Waals surface area contributed by atoms with E-state index in [4.69, 9.17) is 14.5 Å². The summed E-state index contributed by atoms with van der Waals surface area (Å²) in [4.78, 5) is 34.0. The molecule has 1 saturated heterocycles. The predicted molar refractivity (Wildman–Crippen MR) is 130 cm³/mol. The van der Waals surface area contributed by atoms with Gasteiger partial charge < -0.3 is 14.4 Å². The van der Waals surface area contributed by atoms with Crippen LogP contribution in [0.15, 0.2) is 48.5 Å². The standard InChI is InChI=1S/C25H29N3O4S/c1-3-31-20-10-11-21-22(16-20)33-24(26-21)28(17-18-8-6-5-7-9-18)23(29)19-12-14-27(15-13-19)25(30)32-4-2/h5-11,16,19H,3-4,12-15,17H2,1-2H3. The largest absolute Gasteiger partial charge is 0.494 e. The fraction of sp³-hybridized carbons (Fsp3) is 0.400. The Balaban J connectivity index is 1.57. The van der Waals surface area contributed by atoms with Crippen molar-refractivity contribution < 1.29 is 19.1 Å². The lowest BCUT2D eigenvalue weighted by molar-refractivity contribution is -0.123.